The molecule has 1 N–H and O–H groups in total. The lowest BCUT2D eigenvalue weighted by molar-refractivity contribution is -0.123. The highest BCUT2D eigenvalue weighted by Crippen LogP contribution is 2.27. The Morgan fingerprint density at radius 2 is 1.94 bits per heavy atom. The van der Waals surface area contributed by atoms with Crippen LogP contribution in [0, 0.1) is 13.8 Å². The number of hydrazone groups is 1. The second-order valence-corrected chi connectivity index (χ2v) is 7.66. The van der Waals surface area contributed by atoms with E-state index >= 15 is 0 Å². The molecule has 0 fully saturated rings. The molecule has 0 saturated heterocycles. The van der Waals surface area contributed by atoms with Crippen molar-refractivity contribution >= 4 is 35.3 Å². The van der Waals surface area contributed by atoms with Gasteiger partial charge in [-0.2, -0.15) is 10.2 Å². The number of hydrogen-bond donors (Lipinski definition) is 1. The number of carbonyl (C=O) groups is 1. The summed E-state index contributed by atoms with van der Waals surface area (Å²) in [4.78, 5) is 12.0. The Kier molecular flexibility index (Phi) is 7.55. The van der Waals surface area contributed by atoms with Crippen LogP contribution in [-0.2, 0) is 11.3 Å². The fourth-order valence-corrected chi connectivity index (χ4v) is 3.41. The molecular formula is C22H22Cl2N4O3. The van der Waals surface area contributed by atoms with E-state index in [-0.39, 0.29) is 6.61 Å². The number of nitrogens with zero attached hydrogens (tertiary/aromatic N) is 3. The fraction of sp³-hybridized carbons (Fsp3) is 0.227. The number of amides is 1. The van der Waals surface area contributed by atoms with Crippen molar-refractivity contribution in [3.8, 4) is 11.5 Å². The summed E-state index contributed by atoms with van der Waals surface area (Å²) in [6.07, 6.45) is 1.55. The van der Waals surface area contributed by atoms with Gasteiger partial charge in [-0.05, 0) is 61.9 Å². The second kappa shape index (κ2) is 10.3. The predicted octanol–water partition coefficient (Wildman–Crippen LogP) is 4.39. The van der Waals surface area contributed by atoms with Crippen LogP contribution in [0.2, 0.25) is 10.0 Å². The zero-order valence-corrected chi connectivity index (χ0v) is 18.9. The molecule has 9 heteroatoms. The van der Waals surface area contributed by atoms with Crippen molar-refractivity contribution in [2.45, 2.75) is 20.4 Å². The molecule has 1 heterocycles. The molecule has 7 nitrogen and oxygen atoms in total. The number of carbonyl (C=O) groups excluding carboxylic acids is 1. The third-order valence-corrected chi connectivity index (χ3v) is 4.91. The maximum absolute atomic E-state index is 12.0. The van der Waals surface area contributed by atoms with Gasteiger partial charge >= 0.3 is 0 Å². The van der Waals surface area contributed by atoms with Gasteiger partial charge in [0.2, 0.25) is 0 Å². The lowest BCUT2D eigenvalue weighted by atomic mass is 10.1. The normalized spacial score (nSPS) is 11.0. The summed E-state index contributed by atoms with van der Waals surface area (Å²) in [7, 11) is 1.63. The van der Waals surface area contributed by atoms with Gasteiger partial charge in [-0.25, -0.2) is 5.43 Å². The Labute approximate surface area is 190 Å². The van der Waals surface area contributed by atoms with Crippen LogP contribution in [0.4, 0.5) is 0 Å². The summed E-state index contributed by atoms with van der Waals surface area (Å²) in [6.45, 7) is 4.29. The van der Waals surface area contributed by atoms with Crippen molar-refractivity contribution < 1.29 is 14.3 Å². The number of ether oxygens (including phenoxy) is 2. The fourth-order valence-electron chi connectivity index (χ4n) is 2.95. The predicted molar refractivity (Wildman–Crippen MR) is 121 cm³/mol. The van der Waals surface area contributed by atoms with Gasteiger partial charge in [0, 0.05) is 16.3 Å². The van der Waals surface area contributed by atoms with E-state index in [1.54, 1.807) is 31.5 Å². The van der Waals surface area contributed by atoms with E-state index in [2.05, 4.69) is 15.6 Å². The van der Waals surface area contributed by atoms with Crippen LogP contribution in [0.3, 0.4) is 0 Å². The molecule has 0 aliphatic carbocycles. The third-order valence-electron chi connectivity index (χ3n) is 4.38. The Bertz CT molecular complexity index is 1110. The van der Waals surface area contributed by atoms with Crippen molar-refractivity contribution in [2.75, 3.05) is 13.7 Å². The highest BCUT2D eigenvalue weighted by Gasteiger charge is 2.09. The maximum atomic E-state index is 12.0. The molecule has 1 amide bonds. The molecule has 2 aromatic carbocycles. The molecule has 0 radical (unpaired) electrons. The molecule has 0 unspecified atom stereocenters. The van der Waals surface area contributed by atoms with Crippen molar-refractivity contribution in [2.24, 2.45) is 5.10 Å². The molecule has 0 aliphatic rings. The first-order chi connectivity index (χ1) is 14.9. The number of nitrogens with one attached hydrogen (secondary N) is 1. The number of rotatable bonds is 8. The van der Waals surface area contributed by atoms with Crippen LogP contribution < -0.4 is 14.9 Å². The van der Waals surface area contributed by atoms with Crippen molar-refractivity contribution in [3.05, 3.63) is 75.0 Å². The van der Waals surface area contributed by atoms with Gasteiger partial charge in [0.1, 0.15) is 11.5 Å². The molecule has 0 spiro atoms. The molecule has 0 aliphatic heterocycles. The van der Waals surface area contributed by atoms with Crippen LogP contribution in [0.5, 0.6) is 11.5 Å². The van der Waals surface area contributed by atoms with E-state index < -0.39 is 5.91 Å². The average Bonchev–Trinajstić information content (AvgIpc) is 3.04. The standard InChI is InChI=1S/C22H22Cl2N4O3/c1-14-8-15(2)28(27-14)12-17-9-16(4-6-20(17)30-3)11-25-26-22(29)13-31-21-7-5-18(23)10-19(21)24/h4-11H,12-13H2,1-3H3,(H,26,29)/b25-11-. The first-order valence-corrected chi connectivity index (χ1v) is 10.2. The van der Waals surface area contributed by atoms with Gasteiger partial charge in [0.25, 0.3) is 5.91 Å². The van der Waals surface area contributed by atoms with Gasteiger partial charge in [-0.3, -0.25) is 9.48 Å². The molecule has 3 aromatic rings. The Hall–Kier alpha value is -3.03. The van der Waals surface area contributed by atoms with Crippen molar-refractivity contribution in [1.29, 1.82) is 0 Å². The summed E-state index contributed by atoms with van der Waals surface area (Å²) in [5, 5.41) is 9.31. The smallest absolute Gasteiger partial charge is 0.277 e. The van der Waals surface area contributed by atoms with Crippen LogP contribution in [0.15, 0.2) is 47.6 Å². The minimum absolute atomic E-state index is 0.232. The number of aryl methyl sites for hydroxylation is 2. The van der Waals surface area contributed by atoms with E-state index in [0.717, 1.165) is 28.3 Å². The number of benzene rings is 2. The number of halogens is 2. The Morgan fingerprint density at radius 3 is 2.61 bits per heavy atom. The third kappa shape index (κ3) is 6.23. The van der Waals surface area contributed by atoms with Crippen molar-refractivity contribution in [1.82, 2.24) is 15.2 Å². The van der Waals surface area contributed by atoms with E-state index in [1.807, 2.05) is 42.8 Å². The first kappa shape index (κ1) is 22.7. The SMILES string of the molecule is COc1ccc(/C=N\NC(=O)COc2ccc(Cl)cc2Cl)cc1Cn1nc(C)cc1C. The van der Waals surface area contributed by atoms with E-state index in [9.17, 15) is 4.79 Å². The van der Waals surface area contributed by atoms with Gasteiger partial charge < -0.3 is 9.47 Å². The molecule has 0 bridgehead atoms. The van der Waals surface area contributed by atoms with Gasteiger partial charge in [0.15, 0.2) is 6.61 Å². The molecule has 31 heavy (non-hydrogen) atoms. The Morgan fingerprint density at radius 1 is 1.16 bits per heavy atom. The molecule has 0 saturated carbocycles. The molecular weight excluding hydrogens is 439 g/mol. The van der Waals surface area contributed by atoms with E-state index in [4.69, 9.17) is 32.7 Å². The van der Waals surface area contributed by atoms with Gasteiger partial charge in [-0.15, -0.1) is 0 Å². The van der Waals surface area contributed by atoms with E-state index in [1.165, 1.54) is 0 Å². The minimum atomic E-state index is -0.418. The summed E-state index contributed by atoms with van der Waals surface area (Å²) in [5.41, 5.74) is 6.20. The average molecular weight is 461 g/mol. The lowest BCUT2D eigenvalue weighted by Crippen LogP contribution is -2.24. The summed E-state index contributed by atoms with van der Waals surface area (Å²) < 4.78 is 12.8. The summed E-state index contributed by atoms with van der Waals surface area (Å²) >= 11 is 11.9. The molecule has 162 valence electrons. The topological polar surface area (TPSA) is 77.7 Å². The molecule has 1 aromatic heterocycles. The molecule has 0 atom stereocenters. The van der Waals surface area contributed by atoms with Crippen molar-refractivity contribution in [3.63, 3.8) is 0 Å². The van der Waals surface area contributed by atoms with Crippen LogP contribution in [-0.4, -0.2) is 35.6 Å². The van der Waals surface area contributed by atoms with Gasteiger partial charge in [-0.1, -0.05) is 23.2 Å². The number of hydrogen-bond acceptors (Lipinski definition) is 5. The maximum Gasteiger partial charge on any atom is 0.277 e. The minimum Gasteiger partial charge on any atom is -0.496 e. The highest BCUT2D eigenvalue weighted by molar-refractivity contribution is 6.35. The van der Waals surface area contributed by atoms with Gasteiger partial charge in [0.05, 0.1) is 30.6 Å². The van der Waals surface area contributed by atoms with E-state index in [0.29, 0.717) is 22.3 Å². The lowest BCUT2D eigenvalue weighted by Gasteiger charge is -2.11. The Balaban J connectivity index is 1.61. The largest absolute Gasteiger partial charge is 0.496 e. The zero-order valence-electron chi connectivity index (χ0n) is 17.4. The number of methoxy groups -OCH3 is 1. The van der Waals surface area contributed by atoms with Crippen LogP contribution in [0.1, 0.15) is 22.5 Å². The summed E-state index contributed by atoms with van der Waals surface area (Å²) in [5.74, 6) is 0.703. The number of aromatic nitrogens is 2. The summed E-state index contributed by atoms with van der Waals surface area (Å²) in [6, 6.07) is 12.4. The monoisotopic (exact) mass is 460 g/mol. The highest BCUT2D eigenvalue weighted by atomic mass is 35.5. The second-order valence-electron chi connectivity index (χ2n) is 6.81. The molecule has 3 rings (SSSR count). The quantitative estimate of drug-likeness (QED) is 0.399. The zero-order chi connectivity index (χ0) is 22.4. The van der Waals surface area contributed by atoms with Crippen LogP contribution >= 0.6 is 23.2 Å². The first-order valence-electron chi connectivity index (χ1n) is 9.43. The van der Waals surface area contributed by atoms with Crippen LogP contribution in [0.25, 0.3) is 0 Å².